The molecule has 2 aliphatic heterocycles. The van der Waals surface area contributed by atoms with Crippen molar-refractivity contribution in [1.29, 1.82) is 10.5 Å². The summed E-state index contributed by atoms with van der Waals surface area (Å²) in [4.78, 5) is 32.8. The first-order chi connectivity index (χ1) is 27.1. The minimum atomic E-state index is -0.0617. The molecule has 0 unspecified atom stereocenters. The molecule has 4 heterocycles. The molecular formula is C48H49N5O3. The van der Waals surface area contributed by atoms with Crippen molar-refractivity contribution in [1.82, 2.24) is 15.3 Å². The van der Waals surface area contributed by atoms with Gasteiger partial charge < -0.3 is 10.1 Å². The minimum absolute atomic E-state index is 0.00303. The summed E-state index contributed by atoms with van der Waals surface area (Å²) in [6.07, 6.45) is 15.5. The topological polar surface area (TPSA) is 129 Å². The van der Waals surface area contributed by atoms with Crippen molar-refractivity contribution in [2.75, 3.05) is 0 Å². The van der Waals surface area contributed by atoms with Crippen LogP contribution in [0, 0.1) is 70.0 Å². The van der Waals surface area contributed by atoms with Gasteiger partial charge in [0.05, 0.1) is 41.1 Å². The number of carbonyl (C=O) groups excluding carboxylic acids is 2. The van der Waals surface area contributed by atoms with Crippen molar-refractivity contribution in [3.63, 3.8) is 0 Å². The zero-order valence-corrected chi connectivity index (χ0v) is 32.5. The molecule has 10 atom stereocenters. The molecule has 0 bridgehead atoms. The van der Waals surface area contributed by atoms with E-state index >= 15 is 0 Å². The Balaban J connectivity index is 0.000000172. The number of nitrogens with zero attached hydrogens (tertiary/aromatic N) is 4. The van der Waals surface area contributed by atoms with Gasteiger partial charge in [0.25, 0.3) is 0 Å². The van der Waals surface area contributed by atoms with E-state index in [-0.39, 0.29) is 29.9 Å². The lowest BCUT2D eigenvalue weighted by molar-refractivity contribution is -0.144. The smallest absolute Gasteiger partial charge is 0.306 e. The van der Waals surface area contributed by atoms with E-state index in [2.05, 4.69) is 73.3 Å². The fraction of sp³-hybridized carbons (Fsp3) is 0.375. The number of rotatable bonds is 6. The van der Waals surface area contributed by atoms with E-state index in [1.165, 1.54) is 0 Å². The average molecular weight is 744 g/mol. The maximum absolute atomic E-state index is 11.9. The number of amides is 1. The lowest BCUT2D eigenvalue weighted by Crippen LogP contribution is -2.44. The third-order valence-corrected chi connectivity index (χ3v) is 12.9. The molecule has 8 rings (SSSR count). The first kappa shape index (κ1) is 38.4. The van der Waals surface area contributed by atoms with Gasteiger partial charge in [0.15, 0.2) is 0 Å². The number of carbonyl (C=O) groups is 2. The number of hydrogen-bond acceptors (Lipinski definition) is 7. The van der Waals surface area contributed by atoms with Crippen LogP contribution < -0.4 is 5.32 Å². The molecule has 284 valence electrons. The van der Waals surface area contributed by atoms with Crippen LogP contribution in [0.15, 0.2) is 97.3 Å². The molecule has 56 heavy (non-hydrogen) atoms. The highest BCUT2D eigenvalue weighted by Gasteiger charge is 2.47. The second kappa shape index (κ2) is 16.9. The van der Waals surface area contributed by atoms with Gasteiger partial charge in [-0.15, -0.1) is 0 Å². The molecule has 2 saturated carbocycles. The Bertz CT molecular complexity index is 2040. The third-order valence-electron chi connectivity index (χ3n) is 12.9. The zero-order chi connectivity index (χ0) is 39.3. The first-order valence-electron chi connectivity index (χ1n) is 19.9. The van der Waals surface area contributed by atoms with E-state index < -0.39 is 0 Å². The number of aromatic nitrogens is 2. The summed E-state index contributed by atoms with van der Waals surface area (Å²) in [7, 11) is 0. The molecule has 4 aromatic rings. The van der Waals surface area contributed by atoms with Gasteiger partial charge in [-0.25, -0.2) is 0 Å². The van der Waals surface area contributed by atoms with Gasteiger partial charge in [-0.3, -0.25) is 19.6 Å². The Morgan fingerprint density at radius 3 is 1.73 bits per heavy atom. The number of esters is 1. The predicted octanol–water partition coefficient (Wildman–Crippen LogP) is 9.29. The van der Waals surface area contributed by atoms with Crippen LogP contribution in [-0.2, 0) is 14.3 Å². The molecule has 2 aliphatic carbocycles. The predicted molar refractivity (Wildman–Crippen MR) is 218 cm³/mol. The number of hydrogen-bond donors (Lipinski definition) is 1. The van der Waals surface area contributed by atoms with Gasteiger partial charge in [0.2, 0.25) is 5.91 Å². The van der Waals surface area contributed by atoms with E-state index in [4.69, 9.17) is 4.74 Å². The molecule has 4 fully saturated rings. The normalized spacial score (nSPS) is 29.3. The highest BCUT2D eigenvalue weighted by atomic mass is 16.6. The summed E-state index contributed by atoms with van der Waals surface area (Å²) in [5.41, 5.74) is 6.72. The second-order valence-corrected chi connectivity index (χ2v) is 16.3. The summed E-state index contributed by atoms with van der Waals surface area (Å²) >= 11 is 0. The van der Waals surface area contributed by atoms with Crippen LogP contribution in [0.1, 0.15) is 75.9 Å². The van der Waals surface area contributed by atoms with Gasteiger partial charge in [-0.1, -0.05) is 88.4 Å². The van der Waals surface area contributed by atoms with E-state index in [9.17, 15) is 20.1 Å². The van der Waals surface area contributed by atoms with E-state index in [0.29, 0.717) is 65.4 Å². The Labute approximate surface area is 330 Å². The molecule has 2 aromatic carbocycles. The molecule has 2 saturated heterocycles. The summed E-state index contributed by atoms with van der Waals surface area (Å²) in [6.45, 7) is 9.10. The second-order valence-electron chi connectivity index (χ2n) is 16.3. The fourth-order valence-corrected chi connectivity index (χ4v) is 9.36. The lowest BCUT2D eigenvalue weighted by atomic mass is 9.66. The number of nitrogens with one attached hydrogen (secondary N) is 1. The van der Waals surface area contributed by atoms with E-state index in [1.807, 2.05) is 85.1 Å². The summed E-state index contributed by atoms with van der Waals surface area (Å²) < 4.78 is 5.65. The van der Waals surface area contributed by atoms with Crippen LogP contribution in [0.2, 0.25) is 0 Å². The zero-order valence-electron chi connectivity index (χ0n) is 32.5. The van der Waals surface area contributed by atoms with Crippen molar-refractivity contribution in [3.05, 3.63) is 120 Å². The third kappa shape index (κ3) is 8.21. The molecule has 4 aliphatic rings. The van der Waals surface area contributed by atoms with Crippen LogP contribution in [0.3, 0.4) is 0 Å². The maximum atomic E-state index is 11.9. The molecule has 0 radical (unpaired) electrons. The maximum Gasteiger partial charge on any atom is 0.306 e. The fourth-order valence-electron chi connectivity index (χ4n) is 9.36. The van der Waals surface area contributed by atoms with Crippen molar-refractivity contribution in [2.45, 2.75) is 65.5 Å². The molecule has 1 N–H and O–H groups in total. The van der Waals surface area contributed by atoms with Gasteiger partial charge in [0, 0.05) is 64.9 Å². The lowest BCUT2D eigenvalue weighted by Gasteiger charge is -2.40. The summed E-state index contributed by atoms with van der Waals surface area (Å²) in [6, 6.07) is 27.8. The SMILES string of the molecule is C[C@H]1[C@H](/C=C/c2ccc(-c3ccccc3C#N)cn2)[C@H]2NC(=O)C[C@H]2C[C@@H]1C.C[C@H]1[C@H](/C=C/c2ccc(-c3ccccc3C#N)cn2)[C@H]2OC(=O)C[C@H]2C[C@@H]1C. The Morgan fingerprint density at radius 2 is 1.20 bits per heavy atom. The van der Waals surface area contributed by atoms with Gasteiger partial charge in [-0.2, -0.15) is 10.5 Å². The molecule has 0 spiro atoms. The summed E-state index contributed by atoms with van der Waals surface area (Å²) in [5, 5.41) is 21.8. The molecular weight excluding hydrogens is 695 g/mol. The standard InChI is InChI=1S/C24H25N3O.C24H24N2O2/c1-15-11-19-12-23(28)27-24(19)21(16(15)2)10-9-20-8-7-18(14-26-20)22-6-4-3-5-17(22)13-25;1-15-11-19-12-23(27)28-24(19)21(16(15)2)10-9-20-8-7-18(14-26-20)22-6-4-3-5-17(22)13-25/h3-10,14-16,19,21,24H,11-12H2,1-2H3,(H,27,28);3-10,14-16,19,21,24H,11-12H2,1-2H3/b2*10-9+/t2*15-,16+,19+,21-,24-/m00/s1. The van der Waals surface area contributed by atoms with Crippen molar-refractivity contribution >= 4 is 24.0 Å². The molecule has 1 amide bonds. The number of benzene rings is 2. The Kier molecular flexibility index (Phi) is 11.6. The number of nitriles is 2. The highest BCUT2D eigenvalue weighted by Crippen LogP contribution is 2.45. The van der Waals surface area contributed by atoms with Crippen molar-refractivity contribution in [2.24, 2.45) is 47.3 Å². The van der Waals surface area contributed by atoms with Crippen LogP contribution >= 0.6 is 0 Å². The minimum Gasteiger partial charge on any atom is -0.461 e. The number of ether oxygens (including phenoxy) is 1. The van der Waals surface area contributed by atoms with Crippen LogP contribution in [0.25, 0.3) is 34.4 Å². The quantitative estimate of drug-likeness (QED) is 0.195. The van der Waals surface area contributed by atoms with Gasteiger partial charge in [-0.05, 0) is 78.8 Å². The molecule has 8 nitrogen and oxygen atoms in total. The summed E-state index contributed by atoms with van der Waals surface area (Å²) in [5.74, 6) is 3.65. The van der Waals surface area contributed by atoms with Crippen molar-refractivity contribution in [3.8, 4) is 34.4 Å². The largest absolute Gasteiger partial charge is 0.461 e. The van der Waals surface area contributed by atoms with Crippen LogP contribution in [-0.4, -0.2) is 34.0 Å². The monoisotopic (exact) mass is 743 g/mol. The molecule has 2 aromatic heterocycles. The average Bonchev–Trinajstić information content (AvgIpc) is 3.78. The van der Waals surface area contributed by atoms with Crippen LogP contribution in [0.4, 0.5) is 0 Å². The highest BCUT2D eigenvalue weighted by molar-refractivity contribution is 5.79. The van der Waals surface area contributed by atoms with Gasteiger partial charge in [0.1, 0.15) is 6.10 Å². The van der Waals surface area contributed by atoms with Gasteiger partial charge >= 0.3 is 5.97 Å². The van der Waals surface area contributed by atoms with Crippen molar-refractivity contribution < 1.29 is 14.3 Å². The Morgan fingerprint density at radius 1 is 0.679 bits per heavy atom. The van der Waals surface area contributed by atoms with Crippen LogP contribution in [0.5, 0.6) is 0 Å². The molecule has 8 heteroatoms. The van der Waals surface area contributed by atoms with E-state index in [0.717, 1.165) is 46.5 Å². The first-order valence-corrected chi connectivity index (χ1v) is 19.9. The van der Waals surface area contributed by atoms with E-state index in [1.54, 1.807) is 6.20 Å². The Hall–Kier alpha value is -5.86. The number of fused-ring (bicyclic) bond motifs is 2. The number of pyridine rings is 2.